The zero-order valence-electron chi connectivity index (χ0n) is 17.6. The summed E-state index contributed by atoms with van der Waals surface area (Å²) in [7, 11) is 0. The number of hydrogen-bond acceptors (Lipinski definition) is 5. The molecule has 3 rings (SSSR count). The number of rotatable bonds is 6. The van der Waals surface area contributed by atoms with Crippen LogP contribution in [0.15, 0.2) is 24.3 Å². The Labute approximate surface area is 177 Å². The second-order valence-corrected chi connectivity index (χ2v) is 8.16. The maximum absolute atomic E-state index is 12.8. The van der Waals surface area contributed by atoms with E-state index in [1.165, 1.54) is 6.92 Å². The van der Waals surface area contributed by atoms with Crippen LogP contribution in [0, 0.1) is 0 Å². The van der Waals surface area contributed by atoms with Crippen LogP contribution in [-0.4, -0.2) is 77.6 Å². The van der Waals surface area contributed by atoms with Crippen LogP contribution in [0.5, 0.6) is 5.75 Å². The summed E-state index contributed by atoms with van der Waals surface area (Å²) in [6.45, 7) is 4.86. The summed E-state index contributed by atoms with van der Waals surface area (Å²) in [5.41, 5.74) is 0.494. The Morgan fingerprint density at radius 1 is 1.07 bits per heavy atom. The van der Waals surface area contributed by atoms with E-state index in [1.807, 2.05) is 9.80 Å². The zero-order chi connectivity index (χ0) is 21.6. The summed E-state index contributed by atoms with van der Waals surface area (Å²) in [5, 5.41) is 12.1. The Morgan fingerprint density at radius 2 is 1.77 bits per heavy atom. The van der Waals surface area contributed by atoms with Gasteiger partial charge in [-0.05, 0) is 37.0 Å². The third-order valence-electron chi connectivity index (χ3n) is 5.86. The Balaban J connectivity index is 1.47. The van der Waals surface area contributed by atoms with Crippen molar-refractivity contribution in [1.29, 1.82) is 0 Å². The van der Waals surface area contributed by atoms with Crippen LogP contribution in [-0.2, 0) is 25.5 Å². The van der Waals surface area contributed by atoms with Crippen molar-refractivity contribution in [3.63, 3.8) is 0 Å². The van der Waals surface area contributed by atoms with Crippen LogP contribution < -0.4 is 5.32 Å². The topological polar surface area (TPSA) is 99.2 Å². The van der Waals surface area contributed by atoms with Crippen molar-refractivity contribution in [1.82, 2.24) is 15.1 Å². The first kappa shape index (κ1) is 22.1. The molecule has 164 valence electrons. The van der Waals surface area contributed by atoms with Gasteiger partial charge in [-0.15, -0.1) is 0 Å². The van der Waals surface area contributed by atoms with Crippen molar-refractivity contribution in [2.24, 2.45) is 0 Å². The molecule has 30 heavy (non-hydrogen) atoms. The average molecular weight is 418 g/mol. The Kier molecular flexibility index (Phi) is 7.31. The molecule has 0 aromatic heterocycles. The van der Waals surface area contributed by atoms with Crippen molar-refractivity contribution in [2.75, 3.05) is 39.3 Å². The summed E-state index contributed by atoms with van der Waals surface area (Å²) in [4.78, 5) is 39.8. The summed E-state index contributed by atoms with van der Waals surface area (Å²) in [6, 6.07) is 6.71. The quantitative estimate of drug-likeness (QED) is 0.675. The Morgan fingerprint density at radius 3 is 2.43 bits per heavy atom. The van der Waals surface area contributed by atoms with Crippen molar-refractivity contribution in [3.05, 3.63) is 29.8 Å². The van der Waals surface area contributed by atoms with E-state index in [2.05, 4.69) is 5.32 Å². The molecule has 2 N–H and O–H groups in total. The van der Waals surface area contributed by atoms with Gasteiger partial charge in [0.05, 0.1) is 18.6 Å². The smallest absolute Gasteiger partial charge is 0.227 e. The number of phenols is 1. The van der Waals surface area contributed by atoms with Crippen LogP contribution in [0.2, 0.25) is 0 Å². The van der Waals surface area contributed by atoms with Crippen LogP contribution in [0.25, 0.3) is 0 Å². The molecular weight excluding hydrogens is 386 g/mol. The number of nitrogens with one attached hydrogen (secondary N) is 1. The molecule has 1 spiro atoms. The minimum atomic E-state index is -0.379. The molecule has 0 atom stereocenters. The summed E-state index contributed by atoms with van der Waals surface area (Å²) in [5.74, 6) is 0.264. The van der Waals surface area contributed by atoms with Gasteiger partial charge in [-0.2, -0.15) is 0 Å². The standard InChI is InChI=1S/C22H31N3O5/c1-17(26)23-10-2-3-20(28)24-11-8-22(9-12-24)16-25(13-14-30-22)21(29)15-18-4-6-19(27)7-5-18/h4-7,27H,2-3,8-16H2,1H3,(H,23,26). The highest BCUT2D eigenvalue weighted by Gasteiger charge is 2.41. The number of nitrogens with zero attached hydrogens (tertiary/aromatic N) is 2. The fourth-order valence-electron chi connectivity index (χ4n) is 4.09. The zero-order valence-corrected chi connectivity index (χ0v) is 17.6. The molecule has 0 saturated carbocycles. The Bertz CT molecular complexity index is 757. The van der Waals surface area contributed by atoms with E-state index in [0.29, 0.717) is 71.4 Å². The largest absolute Gasteiger partial charge is 0.508 e. The molecule has 0 unspecified atom stereocenters. The number of piperidine rings is 1. The van der Waals surface area contributed by atoms with Gasteiger partial charge in [0, 0.05) is 46.1 Å². The highest BCUT2D eigenvalue weighted by molar-refractivity contribution is 5.79. The SMILES string of the molecule is CC(=O)NCCCC(=O)N1CCC2(CC1)CN(C(=O)Cc1ccc(O)cc1)CCO2. The van der Waals surface area contributed by atoms with Gasteiger partial charge >= 0.3 is 0 Å². The highest BCUT2D eigenvalue weighted by atomic mass is 16.5. The molecule has 1 aromatic rings. The normalized spacial score (nSPS) is 18.3. The number of hydrogen-bond donors (Lipinski definition) is 2. The molecule has 0 aliphatic carbocycles. The van der Waals surface area contributed by atoms with Gasteiger partial charge in [-0.25, -0.2) is 0 Å². The maximum Gasteiger partial charge on any atom is 0.227 e. The molecule has 2 aliphatic rings. The lowest BCUT2D eigenvalue weighted by atomic mass is 9.89. The average Bonchev–Trinajstić information content (AvgIpc) is 2.73. The highest BCUT2D eigenvalue weighted by Crippen LogP contribution is 2.30. The molecule has 8 heteroatoms. The van der Waals surface area contributed by atoms with Crippen molar-refractivity contribution in [3.8, 4) is 5.75 Å². The third kappa shape index (κ3) is 5.95. The van der Waals surface area contributed by atoms with Crippen LogP contribution >= 0.6 is 0 Å². The van der Waals surface area contributed by atoms with E-state index >= 15 is 0 Å². The minimum Gasteiger partial charge on any atom is -0.508 e. The fraction of sp³-hybridized carbons (Fsp3) is 0.591. The Hall–Kier alpha value is -2.61. The lowest BCUT2D eigenvalue weighted by Crippen LogP contribution is -2.58. The van der Waals surface area contributed by atoms with E-state index in [4.69, 9.17) is 4.74 Å². The molecule has 2 heterocycles. The molecule has 8 nitrogen and oxygen atoms in total. The molecule has 1 aromatic carbocycles. The van der Waals surface area contributed by atoms with Crippen molar-refractivity contribution in [2.45, 2.75) is 44.6 Å². The van der Waals surface area contributed by atoms with E-state index < -0.39 is 0 Å². The first-order chi connectivity index (χ1) is 14.4. The maximum atomic E-state index is 12.8. The van der Waals surface area contributed by atoms with Crippen molar-refractivity contribution >= 4 is 17.7 Å². The first-order valence-corrected chi connectivity index (χ1v) is 10.6. The molecular formula is C22H31N3O5. The second kappa shape index (κ2) is 9.93. The number of benzene rings is 1. The van der Waals surface area contributed by atoms with Gasteiger partial charge in [0.2, 0.25) is 17.7 Å². The van der Waals surface area contributed by atoms with Gasteiger partial charge in [0.25, 0.3) is 0 Å². The number of amides is 3. The van der Waals surface area contributed by atoms with E-state index in [-0.39, 0.29) is 29.1 Å². The number of ether oxygens (including phenoxy) is 1. The predicted octanol–water partition coefficient (Wildman–Crippen LogP) is 1.07. The molecule has 2 saturated heterocycles. The summed E-state index contributed by atoms with van der Waals surface area (Å²) >= 11 is 0. The van der Waals surface area contributed by atoms with Gasteiger partial charge in [-0.3, -0.25) is 14.4 Å². The summed E-state index contributed by atoms with van der Waals surface area (Å²) in [6.07, 6.45) is 2.79. The minimum absolute atomic E-state index is 0.0554. The number of carbonyl (C=O) groups is 3. The van der Waals surface area contributed by atoms with Gasteiger partial charge in [-0.1, -0.05) is 12.1 Å². The van der Waals surface area contributed by atoms with E-state index in [9.17, 15) is 19.5 Å². The van der Waals surface area contributed by atoms with Gasteiger partial charge in [0.1, 0.15) is 5.75 Å². The molecule has 3 amide bonds. The number of phenolic OH excluding ortho intramolecular Hbond substituents is 1. The lowest BCUT2D eigenvalue weighted by molar-refractivity contribution is -0.162. The molecule has 0 radical (unpaired) electrons. The first-order valence-electron chi connectivity index (χ1n) is 10.6. The lowest BCUT2D eigenvalue weighted by Gasteiger charge is -2.47. The van der Waals surface area contributed by atoms with E-state index in [0.717, 1.165) is 5.56 Å². The van der Waals surface area contributed by atoms with Gasteiger partial charge < -0.3 is 25.0 Å². The summed E-state index contributed by atoms with van der Waals surface area (Å²) < 4.78 is 6.09. The van der Waals surface area contributed by atoms with Crippen LogP contribution in [0.1, 0.15) is 38.2 Å². The van der Waals surface area contributed by atoms with E-state index in [1.54, 1.807) is 24.3 Å². The number of aromatic hydroxyl groups is 1. The second-order valence-electron chi connectivity index (χ2n) is 8.16. The van der Waals surface area contributed by atoms with Crippen molar-refractivity contribution < 1.29 is 24.2 Å². The predicted molar refractivity (Wildman–Crippen MR) is 111 cm³/mol. The fourth-order valence-corrected chi connectivity index (χ4v) is 4.09. The van der Waals surface area contributed by atoms with Crippen LogP contribution in [0.3, 0.4) is 0 Å². The van der Waals surface area contributed by atoms with Gasteiger partial charge in [0.15, 0.2) is 0 Å². The monoisotopic (exact) mass is 417 g/mol. The molecule has 2 aliphatic heterocycles. The molecule has 0 bridgehead atoms. The number of likely N-dealkylation sites (tertiary alicyclic amines) is 1. The number of morpholine rings is 1. The third-order valence-corrected chi connectivity index (χ3v) is 5.86. The molecule has 2 fully saturated rings. The number of carbonyl (C=O) groups excluding carboxylic acids is 3. The van der Waals surface area contributed by atoms with Crippen LogP contribution in [0.4, 0.5) is 0 Å².